The van der Waals surface area contributed by atoms with Crippen molar-refractivity contribution in [3.8, 4) is 0 Å². The highest BCUT2D eigenvalue weighted by molar-refractivity contribution is 7.92. The minimum atomic E-state index is -4.01. The molecule has 0 bridgehead atoms. The molecule has 0 heterocycles. The van der Waals surface area contributed by atoms with Crippen molar-refractivity contribution in [1.82, 2.24) is 0 Å². The average Bonchev–Trinajstić information content (AvgIpc) is 2.40. The first-order chi connectivity index (χ1) is 9.79. The lowest BCUT2D eigenvalue weighted by molar-refractivity contribution is 0.0696. The molecule has 0 saturated carbocycles. The summed E-state index contributed by atoms with van der Waals surface area (Å²) in [5.41, 5.74) is -0.627. The Bertz CT molecular complexity index is 808. The molecule has 8 heteroatoms. The molecule has 21 heavy (non-hydrogen) atoms. The van der Waals surface area contributed by atoms with Crippen molar-refractivity contribution in [1.29, 1.82) is 0 Å². The first-order valence-electron chi connectivity index (χ1n) is 5.61. The van der Waals surface area contributed by atoms with Crippen LogP contribution in [-0.4, -0.2) is 19.5 Å². The Morgan fingerprint density at radius 3 is 2.48 bits per heavy atom. The third-order valence-corrected chi connectivity index (χ3v) is 4.17. The molecule has 0 radical (unpaired) electrons. The van der Waals surface area contributed by atoms with Crippen LogP contribution in [0.4, 0.5) is 10.1 Å². The van der Waals surface area contributed by atoms with Crippen molar-refractivity contribution in [3.05, 3.63) is 58.9 Å². The molecule has 0 amide bonds. The SMILES string of the molecule is O=C(O)c1ccc(NS(=O)(=O)c2cccc(Cl)c2)c(F)c1. The number of hydrogen-bond donors (Lipinski definition) is 2. The smallest absolute Gasteiger partial charge is 0.335 e. The second-order valence-electron chi connectivity index (χ2n) is 4.06. The second kappa shape index (κ2) is 5.71. The highest BCUT2D eigenvalue weighted by atomic mass is 35.5. The van der Waals surface area contributed by atoms with Crippen LogP contribution in [0.3, 0.4) is 0 Å². The number of carbonyl (C=O) groups is 1. The van der Waals surface area contributed by atoms with Crippen molar-refractivity contribution in [2.75, 3.05) is 4.72 Å². The Balaban J connectivity index is 2.35. The van der Waals surface area contributed by atoms with Gasteiger partial charge in [0.2, 0.25) is 0 Å². The predicted molar refractivity (Wildman–Crippen MR) is 75.6 cm³/mol. The number of benzene rings is 2. The maximum absolute atomic E-state index is 13.7. The number of anilines is 1. The summed E-state index contributed by atoms with van der Waals surface area (Å²) in [6, 6.07) is 8.34. The standard InChI is InChI=1S/C13H9ClFNO4S/c14-9-2-1-3-10(7-9)21(19,20)16-12-5-4-8(13(17)18)6-11(12)15/h1-7,16H,(H,17,18). The number of nitrogens with one attached hydrogen (secondary N) is 1. The van der Waals surface area contributed by atoms with Crippen LogP contribution in [0.1, 0.15) is 10.4 Å². The van der Waals surface area contributed by atoms with Gasteiger partial charge >= 0.3 is 5.97 Å². The molecule has 2 aromatic rings. The minimum absolute atomic E-state index is 0.128. The second-order valence-corrected chi connectivity index (χ2v) is 6.18. The van der Waals surface area contributed by atoms with E-state index in [0.717, 1.165) is 18.2 Å². The van der Waals surface area contributed by atoms with E-state index in [1.807, 2.05) is 4.72 Å². The molecule has 5 nitrogen and oxygen atoms in total. The zero-order valence-corrected chi connectivity index (χ0v) is 12.0. The van der Waals surface area contributed by atoms with Crippen LogP contribution in [0.5, 0.6) is 0 Å². The topological polar surface area (TPSA) is 83.5 Å². The lowest BCUT2D eigenvalue weighted by atomic mass is 10.2. The number of hydrogen-bond acceptors (Lipinski definition) is 3. The van der Waals surface area contributed by atoms with Gasteiger partial charge in [0.05, 0.1) is 16.1 Å². The number of rotatable bonds is 4. The van der Waals surface area contributed by atoms with Crippen LogP contribution in [0.15, 0.2) is 47.4 Å². The number of halogens is 2. The van der Waals surface area contributed by atoms with Gasteiger partial charge in [0.15, 0.2) is 0 Å². The lowest BCUT2D eigenvalue weighted by Crippen LogP contribution is -2.14. The quantitative estimate of drug-likeness (QED) is 0.903. The van der Waals surface area contributed by atoms with Crippen LogP contribution >= 0.6 is 11.6 Å². The molecule has 0 aliphatic rings. The van der Waals surface area contributed by atoms with Crippen LogP contribution in [0, 0.1) is 5.82 Å². The largest absolute Gasteiger partial charge is 0.478 e. The third kappa shape index (κ3) is 3.50. The van der Waals surface area contributed by atoms with E-state index < -0.39 is 21.8 Å². The van der Waals surface area contributed by atoms with Crippen LogP contribution in [-0.2, 0) is 10.0 Å². The van der Waals surface area contributed by atoms with Crippen LogP contribution < -0.4 is 4.72 Å². The fourth-order valence-electron chi connectivity index (χ4n) is 1.57. The summed E-state index contributed by atoms with van der Waals surface area (Å²) in [5, 5.41) is 8.94. The third-order valence-electron chi connectivity index (χ3n) is 2.57. The molecule has 0 aliphatic heterocycles. The van der Waals surface area contributed by atoms with E-state index in [9.17, 15) is 17.6 Å². The van der Waals surface area contributed by atoms with E-state index in [-0.39, 0.29) is 21.2 Å². The van der Waals surface area contributed by atoms with E-state index in [2.05, 4.69) is 0 Å². The maximum atomic E-state index is 13.7. The first-order valence-corrected chi connectivity index (χ1v) is 7.47. The minimum Gasteiger partial charge on any atom is -0.478 e. The van der Waals surface area contributed by atoms with Crippen molar-refractivity contribution in [2.45, 2.75) is 4.90 Å². The first kappa shape index (κ1) is 15.3. The molecule has 110 valence electrons. The summed E-state index contributed by atoms with van der Waals surface area (Å²) in [4.78, 5) is 10.6. The molecular formula is C13H9ClFNO4S. The summed E-state index contributed by atoms with van der Waals surface area (Å²) in [6.07, 6.45) is 0. The summed E-state index contributed by atoms with van der Waals surface area (Å²) in [7, 11) is -4.01. The molecule has 2 aromatic carbocycles. The Hall–Kier alpha value is -2.12. The van der Waals surface area contributed by atoms with Gasteiger partial charge in [-0.2, -0.15) is 0 Å². The number of aromatic carboxylic acids is 1. The Morgan fingerprint density at radius 2 is 1.90 bits per heavy atom. The van der Waals surface area contributed by atoms with Gasteiger partial charge in [-0.1, -0.05) is 17.7 Å². The van der Waals surface area contributed by atoms with Crippen molar-refractivity contribution < 1.29 is 22.7 Å². The summed E-state index contributed by atoms with van der Waals surface area (Å²) >= 11 is 5.71. The highest BCUT2D eigenvalue weighted by Crippen LogP contribution is 2.22. The van der Waals surface area contributed by atoms with Crippen molar-refractivity contribution in [3.63, 3.8) is 0 Å². The maximum Gasteiger partial charge on any atom is 0.335 e. The molecular weight excluding hydrogens is 321 g/mol. The summed E-state index contributed by atoms with van der Waals surface area (Å²) in [6.45, 7) is 0. The van der Waals surface area contributed by atoms with Gasteiger partial charge in [-0.25, -0.2) is 17.6 Å². The van der Waals surface area contributed by atoms with E-state index in [0.29, 0.717) is 0 Å². The number of carboxylic acid groups (broad SMARTS) is 1. The Kier molecular flexibility index (Phi) is 4.15. The van der Waals surface area contributed by atoms with Gasteiger partial charge < -0.3 is 5.11 Å². The molecule has 2 rings (SSSR count). The van der Waals surface area contributed by atoms with E-state index in [4.69, 9.17) is 16.7 Å². The Morgan fingerprint density at radius 1 is 1.19 bits per heavy atom. The molecule has 2 N–H and O–H groups in total. The molecule has 0 unspecified atom stereocenters. The molecule has 0 atom stereocenters. The van der Waals surface area contributed by atoms with E-state index >= 15 is 0 Å². The summed E-state index contributed by atoms with van der Waals surface area (Å²) < 4.78 is 39.9. The zero-order chi connectivity index (χ0) is 15.6. The normalized spacial score (nSPS) is 11.1. The van der Waals surface area contributed by atoms with Crippen molar-refractivity contribution >= 4 is 33.3 Å². The van der Waals surface area contributed by atoms with Gasteiger partial charge in [0.25, 0.3) is 10.0 Å². The predicted octanol–water partition coefficient (Wildman–Crippen LogP) is 2.98. The highest BCUT2D eigenvalue weighted by Gasteiger charge is 2.17. The molecule has 0 aromatic heterocycles. The average molecular weight is 330 g/mol. The fraction of sp³-hybridized carbons (Fsp3) is 0. The fourth-order valence-corrected chi connectivity index (χ4v) is 2.94. The van der Waals surface area contributed by atoms with Gasteiger partial charge in [0.1, 0.15) is 5.82 Å². The molecule has 0 spiro atoms. The molecule has 0 fully saturated rings. The zero-order valence-electron chi connectivity index (χ0n) is 10.4. The van der Waals surface area contributed by atoms with Gasteiger partial charge in [-0.05, 0) is 36.4 Å². The number of sulfonamides is 1. The monoisotopic (exact) mass is 329 g/mol. The van der Waals surface area contributed by atoms with E-state index in [1.165, 1.54) is 24.3 Å². The van der Waals surface area contributed by atoms with Crippen LogP contribution in [0.2, 0.25) is 5.02 Å². The van der Waals surface area contributed by atoms with Crippen molar-refractivity contribution in [2.24, 2.45) is 0 Å². The molecule has 0 saturated heterocycles. The van der Waals surface area contributed by atoms with Crippen LogP contribution in [0.25, 0.3) is 0 Å². The lowest BCUT2D eigenvalue weighted by Gasteiger charge is -2.09. The summed E-state index contributed by atoms with van der Waals surface area (Å²) in [5.74, 6) is -2.29. The molecule has 0 aliphatic carbocycles. The number of carboxylic acids is 1. The van der Waals surface area contributed by atoms with Gasteiger partial charge in [0, 0.05) is 5.02 Å². The Labute approximate surface area is 125 Å². The van der Waals surface area contributed by atoms with Gasteiger partial charge in [-0.15, -0.1) is 0 Å². The van der Waals surface area contributed by atoms with Gasteiger partial charge in [-0.3, -0.25) is 4.72 Å². The van der Waals surface area contributed by atoms with E-state index in [1.54, 1.807) is 0 Å².